The van der Waals surface area contributed by atoms with Crippen molar-refractivity contribution in [3.63, 3.8) is 0 Å². The van der Waals surface area contributed by atoms with Crippen LogP contribution in [0.5, 0.6) is 0 Å². The van der Waals surface area contributed by atoms with E-state index < -0.39 is 0 Å². The van der Waals surface area contributed by atoms with Crippen LogP contribution in [0.2, 0.25) is 0 Å². The van der Waals surface area contributed by atoms with Gasteiger partial charge in [-0.05, 0) is 70.2 Å². The summed E-state index contributed by atoms with van der Waals surface area (Å²) in [6, 6.07) is 9.20. The fourth-order valence-corrected chi connectivity index (χ4v) is 5.48. The SMILES string of the molecule is Cn1nc(C2CC2)cc1C(=O)N1CCC[C@H]2[C@@H]1CC(C)(C)N2c1cccc(F)c1. The van der Waals surface area contributed by atoms with Crippen LogP contribution < -0.4 is 4.90 Å². The molecule has 0 N–H and O–H groups in total. The molecule has 5 rings (SSSR count). The van der Waals surface area contributed by atoms with Gasteiger partial charge in [-0.15, -0.1) is 0 Å². The number of rotatable bonds is 3. The molecule has 154 valence electrons. The number of hydrogen-bond acceptors (Lipinski definition) is 3. The number of carbonyl (C=O) groups excluding carboxylic acids is 1. The summed E-state index contributed by atoms with van der Waals surface area (Å²) in [4.78, 5) is 17.9. The minimum Gasteiger partial charge on any atom is -0.361 e. The van der Waals surface area contributed by atoms with Crippen molar-refractivity contribution in [1.29, 1.82) is 0 Å². The number of halogens is 1. The standard InChI is InChI=1S/C23H29FN4O/c1-23(2)14-21-19(28(23)17-7-4-6-16(24)12-17)8-5-11-27(21)22(29)20-13-18(15-9-10-15)25-26(20)3/h4,6-7,12-13,15,19,21H,5,8-11,14H2,1-3H3/t19-,21-/m0/s1. The molecule has 0 radical (unpaired) electrons. The number of hydrogen-bond donors (Lipinski definition) is 0. The van der Waals surface area contributed by atoms with Crippen LogP contribution in [0.15, 0.2) is 30.3 Å². The van der Waals surface area contributed by atoms with Crippen LogP contribution in [0, 0.1) is 5.82 Å². The first-order valence-corrected chi connectivity index (χ1v) is 10.7. The zero-order chi connectivity index (χ0) is 20.3. The van der Waals surface area contributed by atoms with Gasteiger partial charge in [0.05, 0.1) is 17.8 Å². The van der Waals surface area contributed by atoms with Gasteiger partial charge in [0.25, 0.3) is 5.91 Å². The summed E-state index contributed by atoms with van der Waals surface area (Å²) in [5.41, 5.74) is 2.51. The lowest BCUT2D eigenvalue weighted by Gasteiger charge is -2.42. The van der Waals surface area contributed by atoms with E-state index in [4.69, 9.17) is 0 Å². The smallest absolute Gasteiger partial charge is 0.272 e. The van der Waals surface area contributed by atoms with Crippen molar-refractivity contribution in [2.75, 3.05) is 11.4 Å². The number of fused-ring (bicyclic) bond motifs is 1. The van der Waals surface area contributed by atoms with Gasteiger partial charge in [0, 0.05) is 30.7 Å². The minimum absolute atomic E-state index is 0.0819. The molecule has 6 heteroatoms. The maximum absolute atomic E-state index is 13.9. The van der Waals surface area contributed by atoms with Crippen LogP contribution in [-0.2, 0) is 7.05 Å². The van der Waals surface area contributed by atoms with Crippen molar-refractivity contribution in [1.82, 2.24) is 14.7 Å². The van der Waals surface area contributed by atoms with Crippen molar-refractivity contribution >= 4 is 11.6 Å². The molecule has 1 aliphatic carbocycles. The monoisotopic (exact) mass is 396 g/mol. The largest absolute Gasteiger partial charge is 0.361 e. The number of nitrogens with zero attached hydrogens (tertiary/aromatic N) is 4. The van der Waals surface area contributed by atoms with Crippen molar-refractivity contribution in [2.24, 2.45) is 7.05 Å². The molecular formula is C23H29FN4O. The highest BCUT2D eigenvalue weighted by molar-refractivity contribution is 5.93. The first-order valence-electron chi connectivity index (χ1n) is 10.7. The Labute approximate surface area is 171 Å². The van der Waals surface area contributed by atoms with Gasteiger partial charge in [-0.2, -0.15) is 5.10 Å². The summed E-state index contributed by atoms with van der Waals surface area (Å²) < 4.78 is 15.7. The van der Waals surface area contributed by atoms with Gasteiger partial charge in [0.15, 0.2) is 0 Å². The molecule has 0 unspecified atom stereocenters. The van der Waals surface area contributed by atoms with Gasteiger partial charge in [0.1, 0.15) is 11.5 Å². The molecule has 1 amide bonds. The van der Waals surface area contributed by atoms with E-state index in [0.29, 0.717) is 11.6 Å². The third kappa shape index (κ3) is 3.13. The molecule has 1 aromatic carbocycles. The molecule has 2 aliphatic heterocycles. The summed E-state index contributed by atoms with van der Waals surface area (Å²) in [6.07, 6.45) is 5.22. The van der Waals surface area contributed by atoms with Crippen LogP contribution in [0.25, 0.3) is 0 Å². The van der Waals surface area contributed by atoms with Gasteiger partial charge in [-0.25, -0.2) is 4.39 Å². The summed E-state index contributed by atoms with van der Waals surface area (Å²) in [7, 11) is 1.87. The predicted molar refractivity (Wildman–Crippen MR) is 111 cm³/mol. The molecule has 1 saturated carbocycles. The second kappa shape index (κ2) is 6.57. The minimum atomic E-state index is -0.215. The molecule has 0 bridgehead atoms. The van der Waals surface area contributed by atoms with Gasteiger partial charge < -0.3 is 9.80 Å². The molecule has 0 spiro atoms. The highest BCUT2D eigenvalue weighted by Gasteiger charge is 2.51. The lowest BCUT2D eigenvalue weighted by molar-refractivity contribution is 0.0594. The number of piperidine rings is 1. The number of likely N-dealkylation sites (tertiary alicyclic amines) is 1. The first kappa shape index (κ1) is 18.6. The number of benzene rings is 1. The maximum Gasteiger partial charge on any atom is 0.272 e. The van der Waals surface area contributed by atoms with Crippen LogP contribution >= 0.6 is 0 Å². The van der Waals surface area contributed by atoms with Gasteiger partial charge in [-0.1, -0.05) is 6.07 Å². The van der Waals surface area contributed by atoms with Crippen molar-refractivity contribution in [3.8, 4) is 0 Å². The molecule has 1 aromatic heterocycles. The molecule has 2 atom stereocenters. The van der Waals surface area contributed by atoms with Crippen LogP contribution in [0.1, 0.15) is 68.1 Å². The Morgan fingerprint density at radius 2 is 1.97 bits per heavy atom. The average molecular weight is 397 g/mol. The van der Waals surface area contributed by atoms with Crippen LogP contribution in [0.4, 0.5) is 10.1 Å². The summed E-state index contributed by atoms with van der Waals surface area (Å²) >= 11 is 0. The van der Waals surface area contributed by atoms with E-state index in [1.165, 1.54) is 18.9 Å². The molecule has 3 fully saturated rings. The van der Waals surface area contributed by atoms with Crippen LogP contribution in [-0.4, -0.2) is 44.8 Å². The Morgan fingerprint density at radius 3 is 2.69 bits per heavy atom. The van der Waals surface area contributed by atoms with E-state index >= 15 is 0 Å². The van der Waals surface area contributed by atoms with Crippen molar-refractivity contribution in [2.45, 2.75) is 69.5 Å². The fraction of sp³-hybridized carbons (Fsp3) is 0.565. The fourth-order valence-electron chi connectivity index (χ4n) is 5.48. The Bertz CT molecular complexity index is 948. The quantitative estimate of drug-likeness (QED) is 0.784. The van der Waals surface area contributed by atoms with E-state index in [1.807, 2.05) is 19.2 Å². The molecular weight excluding hydrogens is 367 g/mol. The molecule has 3 aliphatic rings. The highest BCUT2D eigenvalue weighted by atomic mass is 19.1. The lowest BCUT2D eigenvalue weighted by Crippen LogP contribution is -2.53. The van der Waals surface area contributed by atoms with E-state index in [9.17, 15) is 9.18 Å². The third-order valence-electron chi connectivity index (χ3n) is 6.90. The number of aryl methyl sites for hydroxylation is 1. The van der Waals surface area contributed by atoms with E-state index in [0.717, 1.165) is 37.2 Å². The Hall–Kier alpha value is -2.37. The zero-order valence-corrected chi connectivity index (χ0v) is 17.4. The average Bonchev–Trinajstić information content (AvgIpc) is 3.38. The topological polar surface area (TPSA) is 41.4 Å². The lowest BCUT2D eigenvalue weighted by atomic mass is 9.93. The summed E-state index contributed by atoms with van der Waals surface area (Å²) in [6.45, 7) is 5.18. The normalized spacial score (nSPS) is 25.9. The third-order valence-corrected chi connectivity index (χ3v) is 6.90. The molecule has 2 saturated heterocycles. The second-order valence-corrected chi connectivity index (χ2v) is 9.49. The Kier molecular flexibility index (Phi) is 4.23. The van der Waals surface area contributed by atoms with E-state index in [-0.39, 0.29) is 29.3 Å². The van der Waals surface area contributed by atoms with Crippen molar-refractivity contribution in [3.05, 3.63) is 47.5 Å². The predicted octanol–water partition coefficient (Wildman–Crippen LogP) is 4.10. The summed E-state index contributed by atoms with van der Waals surface area (Å²) in [5.74, 6) is 0.400. The second-order valence-electron chi connectivity index (χ2n) is 9.49. The molecule has 29 heavy (non-hydrogen) atoms. The molecule has 5 nitrogen and oxygen atoms in total. The van der Waals surface area contributed by atoms with Crippen LogP contribution in [0.3, 0.4) is 0 Å². The number of anilines is 1. The number of aromatic nitrogens is 2. The van der Waals surface area contributed by atoms with Gasteiger partial charge >= 0.3 is 0 Å². The Balaban J connectivity index is 1.46. The van der Waals surface area contributed by atoms with E-state index in [1.54, 1.807) is 16.8 Å². The van der Waals surface area contributed by atoms with Gasteiger partial charge in [0.2, 0.25) is 0 Å². The zero-order valence-electron chi connectivity index (χ0n) is 17.4. The Morgan fingerprint density at radius 1 is 1.17 bits per heavy atom. The highest BCUT2D eigenvalue weighted by Crippen LogP contribution is 2.44. The molecule has 3 heterocycles. The maximum atomic E-state index is 13.9. The summed E-state index contributed by atoms with van der Waals surface area (Å²) in [5, 5.41) is 4.59. The number of carbonyl (C=O) groups is 1. The first-order chi connectivity index (χ1) is 13.8. The van der Waals surface area contributed by atoms with Gasteiger partial charge in [-0.3, -0.25) is 9.48 Å². The van der Waals surface area contributed by atoms with E-state index in [2.05, 4.69) is 28.7 Å². The van der Waals surface area contributed by atoms with Crippen molar-refractivity contribution < 1.29 is 9.18 Å². The molecule has 2 aromatic rings. The number of amides is 1.